The van der Waals surface area contributed by atoms with Crippen LogP contribution in [0.4, 0.5) is 10.5 Å². The summed E-state index contributed by atoms with van der Waals surface area (Å²) in [5, 5.41) is 22.2. The van der Waals surface area contributed by atoms with Crippen LogP contribution in [0.2, 0.25) is 5.04 Å². The average Bonchev–Trinajstić information content (AvgIpc) is 3.35. The summed E-state index contributed by atoms with van der Waals surface area (Å²) >= 11 is 1.23. The number of non-ortho nitro benzene ring substituents is 1. The molecule has 13 heteroatoms. The van der Waals surface area contributed by atoms with E-state index >= 15 is 0 Å². The van der Waals surface area contributed by atoms with E-state index in [1.807, 2.05) is 60.7 Å². The predicted octanol–water partition coefficient (Wildman–Crippen LogP) is 5.04. The number of rotatable bonds is 11. The number of carboxylic acid groups (broad SMARTS) is 1. The van der Waals surface area contributed by atoms with Gasteiger partial charge >= 0.3 is 12.1 Å². The van der Waals surface area contributed by atoms with Gasteiger partial charge < -0.3 is 19.0 Å². The number of carboxylic acids is 1. The van der Waals surface area contributed by atoms with Gasteiger partial charge in [-0.2, -0.15) is 0 Å². The molecule has 0 unspecified atom stereocenters. The average molecular weight is 663 g/mol. The Morgan fingerprint density at radius 3 is 2.04 bits per heavy atom. The van der Waals surface area contributed by atoms with Gasteiger partial charge in [-0.15, -0.1) is 0 Å². The van der Waals surface area contributed by atoms with E-state index in [0.29, 0.717) is 10.5 Å². The van der Waals surface area contributed by atoms with Gasteiger partial charge in [-0.1, -0.05) is 93.2 Å². The van der Waals surface area contributed by atoms with Crippen LogP contribution in [0.25, 0.3) is 0 Å². The molecule has 0 spiro atoms. The molecule has 0 bridgehead atoms. The van der Waals surface area contributed by atoms with Crippen LogP contribution in [0, 0.1) is 16.0 Å². The van der Waals surface area contributed by atoms with Crippen LogP contribution in [0.5, 0.6) is 0 Å². The van der Waals surface area contributed by atoms with Crippen LogP contribution in [0.3, 0.4) is 0 Å². The maximum Gasteiger partial charge on any atom is 0.508 e. The highest BCUT2D eigenvalue weighted by Crippen LogP contribution is 2.51. The third-order valence-corrected chi connectivity index (χ3v) is 14.5. The minimum atomic E-state index is -2.99. The highest BCUT2D eigenvalue weighted by molar-refractivity contribution is 8.04. The number of β-lactam (4-membered cyclic amide) rings is 1. The smallest absolute Gasteiger partial charge is 0.477 e. The molecule has 3 atom stereocenters. The standard InChI is InChI=1S/C33H34N2O9SSi/c1-21(44-32(39)42-19-22-15-17-23(18-16-22)35(40)41)27-29(36)34-28(31(37)38)26(45-30(27)34)20-43-46(33(2,3)4,24-11-7-5-8-12-24)25-13-9-6-10-14-25/h5-18,21,27,30H,19-20H2,1-4H3,(H,37,38)/t21-,27+,30-/m1/s1. The van der Waals surface area contributed by atoms with Crippen LogP contribution < -0.4 is 10.4 Å². The van der Waals surface area contributed by atoms with Crippen LogP contribution >= 0.6 is 11.8 Å². The monoisotopic (exact) mass is 662 g/mol. The largest absolute Gasteiger partial charge is 0.508 e. The number of aliphatic carboxylic acids is 1. The lowest BCUT2D eigenvalue weighted by Crippen LogP contribution is -2.66. The fraction of sp³-hybridized carbons (Fsp3) is 0.303. The van der Waals surface area contributed by atoms with Crippen molar-refractivity contribution in [2.75, 3.05) is 6.61 Å². The molecule has 0 radical (unpaired) electrons. The number of amides is 1. The molecular weight excluding hydrogens is 629 g/mol. The second-order valence-corrected chi connectivity index (χ2v) is 17.6. The first-order chi connectivity index (χ1) is 21.8. The third kappa shape index (κ3) is 6.17. The molecule has 0 saturated carbocycles. The zero-order chi connectivity index (χ0) is 33.2. The number of fused-ring (bicyclic) bond motifs is 1. The zero-order valence-electron chi connectivity index (χ0n) is 25.7. The van der Waals surface area contributed by atoms with Gasteiger partial charge in [0.15, 0.2) is 0 Å². The van der Waals surface area contributed by atoms with Crippen molar-refractivity contribution >= 4 is 54.2 Å². The number of nitro groups is 1. The number of benzene rings is 3. The summed E-state index contributed by atoms with van der Waals surface area (Å²) in [7, 11) is -2.99. The second-order valence-electron chi connectivity index (χ2n) is 12.1. The first-order valence-electron chi connectivity index (χ1n) is 14.6. The first-order valence-corrected chi connectivity index (χ1v) is 17.4. The van der Waals surface area contributed by atoms with Gasteiger partial charge in [0.2, 0.25) is 5.91 Å². The van der Waals surface area contributed by atoms with Crippen molar-refractivity contribution in [1.29, 1.82) is 0 Å². The molecule has 3 aromatic carbocycles. The minimum Gasteiger partial charge on any atom is -0.477 e. The quantitative estimate of drug-likeness (QED) is 0.0974. The van der Waals surface area contributed by atoms with Crippen molar-refractivity contribution in [2.24, 2.45) is 5.92 Å². The zero-order valence-corrected chi connectivity index (χ0v) is 27.6. The molecule has 0 aliphatic carbocycles. The number of ether oxygens (including phenoxy) is 2. The van der Waals surface area contributed by atoms with E-state index in [9.17, 15) is 29.6 Å². The minimum absolute atomic E-state index is 0.0148. The Hall–Kier alpha value is -4.46. The first kappa shape index (κ1) is 32.9. The van der Waals surface area contributed by atoms with E-state index in [0.717, 1.165) is 10.4 Å². The van der Waals surface area contributed by atoms with Crippen LogP contribution in [0.1, 0.15) is 33.3 Å². The summed E-state index contributed by atoms with van der Waals surface area (Å²) in [6, 6.07) is 25.5. The van der Waals surface area contributed by atoms with Gasteiger partial charge in [-0.25, -0.2) is 9.59 Å². The summed E-state index contributed by atoms with van der Waals surface area (Å²) in [5.74, 6) is -2.50. The van der Waals surface area contributed by atoms with Gasteiger partial charge in [0.25, 0.3) is 14.0 Å². The Balaban J connectivity index is 1.31. The Morgan fingerprint density at radius 1 is 0.978 bits per heavy atom. The molecule has 1 amide bonds. The SMILES string of the molecule is C[C@@H](OC(=O)OCc1ccc([N+](=O)[O-])cc1)[C@H]1C(=O)N2C(C(=O)O)=C(CO[Si](c3ccccc3)(c3ccccc3)C(C)(C)C)S[C@H]12. The number of thioether (sulfide) groups is 1. The van der Waals surface area contributed by atoms with E-state index in [4.69, 9.17) is 13.9 Å². The van der Waals surface area contributed by atoms with Gasteiger partial charge in [0.1, 0.15) is 29.7 Å². The summed E-state index contributed by atoms with van der Waals surface area (Å²) in [5.41, 5.74) is 0.308. The molecule has 46 heavy (non-hydrogen) atoms. The Morgan fingerprint density at radius 2 is 1.54 bits per heavy atom. The lowest BCUT2D eigenvalue weighted by atomic mass is 9.92. The molecule has 0 aromatic heterocycles. The summed E-state index contributed by atoms with van der Waals surface area (Å²) in [6.07, 6.45) is -1.92. The predicted molar refractivity (Wildman–Crippen MR) is 174 cm³/mol. The number of nitrogens with zero attached hydrogens (tertiary/aromatic N) is 2. The van der Waals surface area contributed by atoms with Crippen molar-refractivity contribution in [2.45, 2.75) is 50.8 Å². The molecule has 5 rings (SSSR count). The molecule has 2 aliphatic heterocycles. The van der Waals surface area contributed by atoms with Crippen LogP contribution in [-0.2, 0) is 30.1 Å². The van der Waals surface area contributed by atoms with Crippen molar-refractivity contribution in [3.8, 4) is 0 Å². The van der Waals surface area contributed by atoms with Crippen LogP contribution in [0.15, 0.2) is 95.5 Å². The van der Waals surface area contributed by atoms with E-state index in [1.165, 1.54) is 40.9 Å². The summed E-state index contributed by atoms with van der Waals surface area (Å²) in [6.45, 7) is 7.74. The Bertz CT molecular complexity index is 1620. The van der Waals surface area contributed by atoms with Gasteiger partial charge in [-0.05, 0) is 40.0 Å². The molecule has 1 saturated heterocycles. The van der Waals surface area contributed by atoms with Crippen molar-refractivity contribution in [3.05, 3.63) is 111 Å². The van der Waals surface area contributed by atoms with Gasteiger partial charge in [0, 0.05) is 17.0 Å². The maximum absolute atomic E-state index is 13.3. The number of nitro benzene ring substituents is 1. The molecule has 1 N–H and O–H groups in total. The van der Waals surface area contributed by atoms with Crippen molar-refractivity contribution in [1.82, 2.24) is 4.90 Å². The molecule has 3 aromatic rings. The molecule has 2 heterocycles. The fourth-order valence-electron chi connectivity index (χ4n) is 5.99. The third-order valence-electron chi connectivity index (χ3n) is 8.18. The summed E-state index contributed by atoms with van der Waals surface area (Å²) < 4.78 is 17.5. The fourth-order valence-corrected chi connectivity index (χ4v) is 12.1. The van der Waals surface area contributed by atoms with Gasteiger partial charge in [-0.3, -0.25) is 19.8 Å². The van der Waals surface area contributed by atoms with E-state index in [1.54, 1.807) is 6.92 Å². The number of carbonyl (C=O) groups is 3. The van der Waals surface area contributed by atoms with E-state index in [2.05, 4.69) is 20.8 Å². The Kier molecular flexibility index (Phi) is 9.38. The molecule has 1 fully saturated rings. The molecule has 11 nitrogen and oxygen atoms in total. The maximum atomic E-state index is 13.3. The molecule has 240 valence electrons. The van der Waals surface area contributed by atoms with Crippen molar-refractivity contribution < 1.29 is 38.3 Å². The number of hydrogen-bond acceptors (Lipinski definition) is 9. The lowest BCUT2D eigenvalue weighted by molar-refractivity contribution is -0.384. The van der Waals surface area contributed by atoms with E-state index in [-0.39, 0.29) is 29.6 Å². The van der Waals surface area contributed by atoms with Gasteiger partial charge in [0.05, 0.1) is 11.5 Å². The Labute approximate surface area is 271 Å². The lowest BCUT2D eigenvalue weighted by Gasteiger charge is -2.44. The number of hydrogen-bond donors (Lipinski definition) is 1. The second kappa shape index (κ2) is 13.1. The molecular formula is C33H34N2O9SSi. The van der Waals surface area contributed by atoms with Crippen LogP contribution in [-0.4, -0.2) is 59.4 Å². The van der Waals surface area contributed by atoms with E-state index < -0.39 is 48.7 Å². The summed E-state index contributed by atoms with van der Waals surface area (Å²) in [4.78, 5) is 50.2. The topological polar surface area (TPSA) is 146 Å². The number of carbonyl (C=O) groups excluding carboxylic acids is 2. The van der Waals surface area contributed by atoms with Crippen molar-refractivity contribution in [3.63, 3.8) is 0 Å². The normalized spacial score (nSPS) is 18.4. The highest BCUT2D eigenvalue weighted by atomic mass is 32.2. The molecule has 2 aliphatic rings. The highest BCUT2D eigenvalue weighted by Gasteiger charge is 2.59.